The normalized spacial score (nSPS) is 25.4. The van der Waals surface area contributed by atoms with Gasteiger partial charge >= 0.3 is 0 Å². The van der Waals surface area contributed by atoms with Crippen molar-refractivity contribution in [3.63, 3.8) is 0 Å². The molecule has 0 aliphatic heterocycles. The first-order valence-corrected chi connectivity index (χ1v) is 8.63. The zero-order valence-electron chi connectivity index (χ0n) is 13.0. The van der Waals surface area contributed by atoms with E-state index in [2.05, 4.69) is 11.9 Å². The summed E-state index contributed by atoms with van der Waals surface area (Å²) in [5.41, 5.74) is 6.59. The summed E-state index contributed by atoms with van der Waals surface area (Å²) < 4.78 is 0. The Bertz CT molecular complexity index is 238. The maximum Gasteiger partial charge on any atom is 0.00471 e. The topological polar surface area (TPSA) is 29.3 Å². The quantitative estimate of drug-likeness (QED) is 0.767. The Morgan fingerprint density at radius 1 is 0.947 bits per heavy atom. The van der Waals surface area contributed by atoms with Crippen LogP contribution in [0.25, 0.3) is 0 Å². The highest BCUT2D eigenvalue weighted by Crippen LogP contribution is 2.35. The van der Waals surface area contributed by atoms with Gasteiger partial charge in [0.05, 0.1) is 0 Å². The molecule has 2 aliphatic carbocycles. The Morgan fingerprint density at radius 2 is 1.53 bits per heavy atom. The first-order chi connectivity index (χ1) is 9.24. The van der Waals surface area contributed by atoms with Crippen molar-refractivity contribution in [2.45, 2.75) is 70.6 Å². The molecule has 0 unspecified atom stereocenters. The van der Waals surface area contributed by atoms with Gasteiger partial charge in [0.2, 0.25) is 0 Å². The van der Waals surface area contributed by atoms with E-state index >= 15 is 0 Å². The Balaban J connectivity index is 1.82. The van der Waals surface area contributed by atoms with Crippen molar-refractivity contribution >= 4 is 0 Å². The van der Waals surface area contributed by atoms with Crippen LogP contribution in [0.2, 0.25) is 0 Å². The molecule has 2 aliphatic rings. The van der Waals surface area contributed by atoms with E-state index in [0.717, 1.165) is 12.5 Å². The molecule has 19 heavy (non-hydrogen) atoms. The third-order valence-corrected chi connectivity index (χ3v) is 5.50. The molecule has 0 aromatic carbocycles. The molecule has 2 N–H and O–H groups in total. The maximum absolute atomic E-state index is 6.16. The van der Waals surface area contributed by atoms with Gasteiger partial charge in [0.1, 0.15) is 0 Å². The molecule has 2 rings (SSSR count). The fraction of sp³-hybridized carbons (Fsp3) is 1.00. The fourth-order valence-corrected chi connectivity index (χ4v) is 4.35. The summed E-state index contributed by atoms with van der Waals surface area (Å²) in [5.74, 6) is 0.958. The monoisotopic (exact) mass is 266 g/mol. The van der Waals surface area contributed by atoms with Crippen molar-refractivity contribution < 1.29 is 0 Å². The lowest BCUT2D eigenvalue weighted by molar-refractivity contribution is 0.134. The number of hydrogen-bond donors (Lipinski definition) is 1. The number of hydrogen-bond acceptors (Lipinski definition) is 2. The van der Waals surface area contributed by atoms with Crippen LogP contribution in [0.5, 0.6) is 0 Å². The van der Waals surface area contributed by atoms with Gasteiger partial charge in [-0.2, -0.15) is 0 Å². The van der Waals surface area contributed by atoms with Gasteiger partial charge in [0.15, 0.2) is 0 Å². The molecule has 2 saturated carbocycles. The van der Waals surface area contributed by atoms with Crippen molar-refractivity contribution in [1.82, 2.24) is 4.90 Å². The Labute approximate surface area is 120 Å². The van der Waals surface area contributed by atoms with Gasteiger partial charge in [-0.05, 0) is 50.6 Å². The van der Waals surface area contributed by atoms with E-state index in [9.17, 15) is 0 Å². The van der Waals surface area contributed by atoms with Crippen LogP contribution in [0, 0.1) is 11.3 Å². The van der Waals surface area contributed by atoms with E-state index in [0.29, 0.717) is 5.41 Å². The summed E-state index contributed by atoms with van der Waals surface area (Å²) in [6, 6.07) is 0. The van der Waals surface area contributed by atoms with Crippen LogP contribution >= 0.6 is 0 Å². The molecule has 0 atom stereocenters. The molecule has 2 heteroatoms. The zero-order chi connectivity index (χ0) is 13.6. The van der Waals surface area contributed by atoms with Crippen molar-refractivity contribution in [2.24, 2.45) is 17.1 Å². The van der Waals surface area contributed by atoms with Crippen LogP contribution in [0.4, 0.5) is 0 Å². The molecule has 0 spiro atoms. The first-order valence-electron chi connectivity index (χ1n) is 8.63. The molecule has 0 aromatic heterocycles. The average molecular weight is 266 g/mol. The summed E-state index contributed by atoms with van der Waals surface area (Å²) >= 11 is 0. The van der Waals surface area contributed by atoms with Crippen LogP contribution in [0.3, 0.4) is 0 Å². The standard InChI is InChI=1S/C17H34N2/c1-19(13-16-9-5-4-6-10-16)15-17(14-18)11-7-2-3-8-12-17/h16H,2-15,18H2,1H3. The van der Waals surface area contributed by atoms with Crippen molar-refractivity contribution in [1.29, 1.82) is 0 Å². The molecule has 2 fully saturated rings. The molecule has 0 saturated heterocycles. The van der Waals surface area contributed by atoms with E-state index in [-0.39, 0.29) is 0 Å². The largest absolute Gasteiger partial charge is 0.330 e. The van der Waals surface area contributed by atoms with Crippen LogP contribution in [-0.2, 0) is 0 Å². The molecule has 0 radical (unpaired) electrons. The van der Waals surface area contributed by atoms with E-state index in [1.807, 2.05) is 0 Å². The minimum absolute atomic E-state index is 0.430. The van der Waals surface area contributed by atoms with Crippen LogP contribution < -0.4 is 5.73 Å². The molecule has 0 heterocycles. The minimum Gasteiger partial charge on any atom is -0.330 e. The van der Waals surface area contributed by atoms with Gasteiger partial charge < -0.3 is 10.6 Å². The Hall–Kier alpha value is -0.0800. The SMILES string of the molecule is CN(CC1CCCCC1)CC1(CN)CCCCCC1. The lowest BCUT2D eigenvalue weighted by Gasteiger charge is -2.37. The van der Waals surface area contributed by atoms with E-state index in [4.69, 9.17) is 5.73 Å². The molecular formula is C17H34N2. The molecule has 0 bridgehead atoms. The minimum atomic E-state index is 0.430. The molecular weight excluding hydrogens is 232 g/mol. The average Bonchev–Trinajstić information content (AvgIpc) is 2.66. The molecule has 112 valence electrons. The third-order valence-electron chi connectivity index (χ3n) is 5.50. The highest BCUT2D eigenvalue weighted by atomic mass is 15.1. The van der Waals surface area contributed by atoms with Crippen LogP contribution in [0.1, 0.15) is 70.6 Å². The lowest BCUT2D eigenvalue weighted by atomic mass is 9.79. The molecule has 0 amide bonds. The van der Waals surface area contributed by atoms with Crippen molar-refractivity contribution in [3.05, 3.63) is 0 Å². The van der Waals surface area contributed by atoms with Crippen molar-refractivity contribution in [3.8, 4) is 0 Å². The predicted molar refractivity (Wildman–Crippen MR) is 83.3 cm³/mol. The van der Waals surface area contributed by atoms with Gasteiger partial charge in [0, 0.05) is 13.1 Å². The Morgan fingerprint density at radius 3 is 2.11 bits per heavy atom. The van der Waals surface area contributed by atoms with Gasteiger partial charge in [-0.15, -0.1) is 0 Å². The van der Waals surface area contributed by atoms with Crippen LogP contribution in [0.15, 0.2) is 0 Å². The summed E-state index contributed by atoms with van der Waals surface area (Å²) in [6.07, 6.45) is 15.7. The fourth-order valence-electron chi connectivity index (χ4n) is 4.35. The zero-order valence-corrected chi connectivity index (χ0v) is 13.0. The van der Waals surface area contributed by atoms with Crippen LogP contribution in [-0.4, -0.2) is 31.6 Å². The van der Waals surface area contributed by atoms with Gasteiger partial charge in [-0.1, -0.05) is 44.9 Å². The highest BCUT2D eigenvalue weighted by Gasteiger charge is 2.31. The summed E-state index contributed by atoms with van der Waals surface area (Å²) in [5, 5.41) is 0. The smallest absolute Gasteiger partial charge is 0.00471 e. The maximum atomic E-state index is 6.16. The summed E-state index contributed by atoms with van der Waals surface area (Å²) in [4.78, 5) is 2.61. The second-order valence-corrected chi connectivity index (χ2v) is 7.32. The highest BCUT2D eigenvalue weighted by molar-refractivity contribution is 4.85. The van der Waals surface area contributed by atoms with Gasteiger partial charge in [0.25, 0.3) is 0 Å². The predicted octanol–water partition coefficient (Wildman–Crippen LogP) is 3.80. The molecule has 2 nitrogen and oxygen atoms in total. The number of rotatable bonds is 5. The van der Waals surface area contributed by atoms with Gasteiger partial charge in [-0.25, -0.2) is 0 Å². The second-order valence-electron chi connectivity index (χ2n) is 7.32. The second kappa shape index (κ2) is 7.64. The lowest BCUT2D eigenvalue weighted by Crippen LogP contribution is -2.42. The van der Waals surface area contributed by atoms with Crippen molar-refractivity contribution in [2.75, 3.05) is 26.7 Å². The summed E-state index contributed by atoms with van der Waals surface area (Å²) in [7, 11) is 2.33. The van der Waals surface area contributed by atoms with E-state index < -0.39 is 0 Å². The number of nitrogens with two attached hydrogens (primary N) is 1. The van der Waals surface area contributed by atoms with Gasteiger partial charge in [-0.3, -0.25) is 0 Å². The first kappa shape index (κ1) is 15.3. The molecule has 0 aromatic rings. The summed E-state index contributed by atoms with van der Waals surface area (Å²) in [6.45, 7) is 3.43. The Kier molecular flexibility index (Phi) is 6.15. The van der Waals surface area contributed by atoms with E-state index in [1.54, 1.807) is 0 Å². The van der Waals surface area contributed by atoms with E-state index in [1.165, 1.54) is 83.7 Å². The number of nitrogens with zero attached hydrogens (tertiary/aromatic N) is 1. The third kappa shape index (κ3) is 4.75.